The van der Waals surface area contributed by atoms with Gasteiger partial charge in [-0.25, -0.2) is 9.59 Å². The van der Waals surface area contributed by atoms with Crippen LogP contribution in [0.5, 0.6) is 0 Å². The minimum absolute atomic E-state index is 0.0272. The molecule has 1 unspecified atom stereocenters. The summed E-state index contributed by atoms with van der Waals surface area (Å²) >= 11 is 0. The fourth-order valence-corrected chi connectivity index (χ4v) is 10.6. The number of benzene rings is 1. The average Bonchev–Trinajstić information content (AvgIpc) is 3.17. The van der Waals surface area contributed by atoms with Gasteiger partial charge in [0.25, 0.3) is 0 Å². The Kier molecular flexibility index (Phi) is 12.6. The number of hydrogen-bond donors (Lipinski definition) is 4. The van der Waals surface area contributed by atoms with Crippen LogP contribution in [0.2, 0.25) is 0 Å². The van der Waals surface area contributed by atoms with Gasteiger partial charge < -0.3 is 49.1 Å². The van der Waals surface area contributed by atoms with E-state index in [1.165, 1.54) is 20.8 Å². The van der Waals surface area contributed by atoms with E-state index in [-0.39, 0.29) is 24.2 Å². The third kappa shape index (κ3) is 8.20. The molecule has 6 rings (SSSR count). The summed E-state index contributed by atoms with van der Waals surface area (Å²) in [6.45, 7) is 13.1. The molecule has 1 aromatic carbocycles. The molecule has 11 atom stereocenters. The highest BCUT2D eigenvalue weighted by atomic mass is 16.6. The summed E-state index contributed by atoms with van der Waals surface area (Å²) in [7, 11) is 0. The van der Waals surface area contributed by atoms with E-state index in [1.807, 2.05) is 0 Å². The van der Waals surface area contributed by atoms with Crippen LogP contribution in [0.3, 0.4) is 0 Å². The lowest BCUT2D eigenvalue weighted by Gasteiger charge is -2.67. The van der Waals surface area contributed by atoms with Crippen LogP contribution in [0.1, 0.15) is 119 Å². The average molecular weight is 856 g/mol. The maximum atomic E-state index is 15.5. The minimum atomic E-state index is -2.33. The van der Waals surface area contributed by atoms with Gasteiger partial charge in [-0.2, -0.15) is 0 Å². The first kappa shape index (κ1) is 46.1. The van der Waals surface area contributed by atoms with Gasteiger partial charge in [0, 0.05) is 32.1 Å². The summed E-state index contributed by atoms with van der Waals surface area (Å²) < 4.78 is 35.9. The molecule has 61 heavy (non-hydrogen) atoms. The minimum Gasteiger partial charge on any atom is -0.459 e. The first-order chi connectivity index (χ1) is 28.4. The lowest BCUT2D eigenvalue weighted by molar-refractivity contribution is -0.347. The van der Waals surface area contributed by atoms with Gasteiger partial charge in [-0.1, -0.05) is 63.4 Å². The number of hydrogen-bond acceptors (Lipinski definition) is 15. The van der Waals surface area contributed by atoms with E-state index < -0.39 is 124 Å². The summed E-state index contributed by atoms with van der Waals surface area (Å²) in [5, 5.41) is 40.0. The molecule has 0 aromatic heterocycles. The predicted molar refractivity (Wildman–Crippen MR) is 214 cm³/mol. The van der Waals surface area contributed by atoms with Gasteiger partial charge in [0.1, 0.15) is 29.5 Å². The third-order valence-electron chi connectivity index (χ3n) is 13.8. The predicted octanol–water partition coefficient (Wildman–Crippen LogP) is 4.10. The Hall–Kier alpha value is -4.38. The van der Waals surface area contributed by atoms with E-state index in [4.69, 9.17) is 28.4 Å². The number of ether oxygens (including phenoxy) is 6. The van der Waals surface area contributed by atoms with Crippen LogP contribution in [0.4, 0.5) is 4.79 Å². The lowest BCUT2D eigenvalue weighted by Crippen LogP contribution is -2.82. The number of amides is 1. The van der Waals surface area contributed by atoms with E-state index in [1.54, 1.807) is 65.0 Å². The van der Waals surface area contributed by atoms with Gasteiger partial charge in [0.15, 0.2) is 23.6 Å². The lowest BCUT2D eigenvalue weighted by atomic mass is 9.44. The van der Waals surface area contributed by atoms with Crippen LogP contribution in [0, 0.1) is 22.7 Å². The Morgan fingerprint density at radius 2 is 1.57 bits per heavy atom. The van der Waals surface area contributed by atoms with Crippen molar-refractivity contribution in [3.8, 4) is 0 Å². The molecule has 0 spiro atoms. The molecule has 1 aliphatic heterocycles. The SMILES string of the molecule is CC(=O)O[C@H]1C(=O)[C@]2(C)[C@@H](O)CC3OC[C@@]3(OC(C)=O)[C@H]2[C@H](OC(=O)C2CCCCC2)[C@]2(O)C[C@H](OC(=O)[C@H](O)[C@@H](NC(=O)OC(C)(C)C)c3ccccc3)C(C)=C1C2(C)C. The zero-order valence-corrected chi connectivity index (χ0v) is 36.5. The van der Waals surface area contributed by atoms with E-state index in [0.717, 1.165) is 26.2 Å². The number of fused-ring (bicyclic) bond motifs is 5. The standard InChI is InChI=1S/C45H61NO15/c1-23-28(58-39(53)33(50)32(26-16-12-10-13-17-26)46-40(54)61-41(4,5)6)21-45(55)37(59-38(52)27-18-14-11-15-19-27)35-43(9,29(49)20-30-44(35,22-56-30)60-25(3)48)36(51)34(57-24(2)47)31(23)42(45,7)8/h10,12-13,16-17,27-30,32-35,37,49-50,55H,11,14-15,18-22H2,1-9H3,(H,46,54)/t28-,29-,30?,32-,33+,34+,35-,37-,43+,44-,45+/m0/s1. The second-order valence-corrected chi connectivity index (χ2v) is 19.2. The number of alkyl carbamates (subject to hydrolysis) is 1. The zero-order chi connectivity index (χ0) is 45.0. The number of nitrogens with one attached hydrogen (secondary N) is 1. The summed E-state index contributed by atoms with van der Waals surface area (Å²) in [5.41, 5.74) is -8.04. The van der Waals surface area contributed by atoms with Gasteiger partial charge in [0.2, 0.25) is 0 Å². The van der Waals surface area contributed by atoms with Crippen molar-refractivity contribution in [2.24, 2.45) is 22.7 Å². The Morgan fingerprint density at radius 1 is 0.934 bits per heavy atom. The van der Waals surface area contributed by atoms with Gasteiger partial charge >= 0.3 is 30.0 Å². The largest absolute Gasteiger partial charge is 0.459 e. The van der Waals surface area contributed by atoms with Crippen molar-refractivity contribution in [3.63, 3.8) is 0 Å². The van der Waals surface area contributed by atoms with Gasteiger partial charge in [-0.3, -0.25) is 19.2 Å². The molecule has 2 bridgehead atoms. The number of rotatable bonds is 9. The molecule has 1 aromatic rings. The highest BCUT2D eigenvalue weighted by molar-refractivity contribution is 5.95. The molecule has 4 aliphatic carbocycles. The van der Waals surface area contributed by atoms with E-state index in [0.29, 0.717) is 18.4 Å². The topological polar surface area (TPSA) is 231 Å². The molecule has 3 saturated carbocycles. The number of carbonyl (C=O) groups excluding carboxylic acids is 6. The van der Waals surface area contributed by atoms with E-state index in [9.17, 15) is 39.3 Å². The highest BCUT2D eigenvalue weighted by Crippen LogP contribution is 2.64. The molecule has 5 aliphatic rings. The quantitative estimate of drug-likeness (QED) is 0.156. The smallest absolute Gasteiger partial charge is 0.408 e. The van der Waals surface area contributed by atoms with Crippen LogP contribution < -0.4 is 5.32 Å². The number of aliphatic hydroxyl groups excluding tert-OH is 2. The summed E-state index contributed by atoms with van der Waals surface area (Å²) in [5.74, 6) is -6.40. The van der Waals surface area contributed by atoms with Crippen LogP contribution in [0.25, 0.3) is 0 Å². The fraction of sp³-hybridized carbons (Fsp3) is 0.689. The maximum absolute atomic E-state index is 15.5. The molecule has 1 saturated heterocycles. The van der Waals surface area contributed by atoms with Crippen molar-refractivity contribution < 1.29 is 72.5 Å². The van der Waals surface area contributed by atoms with Crippen molar-refractivity contribution in [2.45, 2.75) is 167 Å². The monoisotopic (exact) mass is 855 g/mol. The fourth-order valence-electron chi connectivity index (χ4n) is 10.6. The molecular formula is C45H61NO15. The van der Waals surface area contributed by atoms with Crippen LogP contribution in [0.15, 0.2) is 41.5 Å². The maximum Gasteiger partial charge on any atom is 0.408 e. The number of ketones is 1. The summed E-state index contributed by atoms with van der Waals surface area (Å²) in [6.07, 6.45) is -7.71. The Labute approximate surface area is 356 Å². The van der Waals surface area contributed by atoms with E-state index >= 15 is 4.79 Å². The first-order valence-electron chi connectivity index (χ1n) is 21.2. The Balaban J connectivity index is 1.52. The molecule has 4 N–H and O–H groups in total. The third-order valence-corrected chi connectivity index (χ3v) is 13.8. The van der Waals surface area contributed by atoms with Crippen molar-refractivity contribution in [1.29, 1.82) is 0 Å². The number of carbonyl (C=O) groups is 6. The molecule has 4 fully saturated rings. The van der Waals surface area contributed by atoms with Crippen LogP contribution in [-0.4, -0.2) is 111 Å². The normalized spacial score (nSPS) is 34.4. The molecule has 0 radical (unpaired) electrons. The number of esters is 4. The summed E-state index contributed by atoms with van der Waals surface area (Å²) in [6, 6.07) is 6.80. The first-order valence-corrected chi connectivity index (χ1v) is 21.2. The van der Waals surface area contributed by atoms with Crippen molar-refractivity contribution in [1.82, 2.24) is 5.32 Å². The summed E-state index contributed by atoms with van der Waals surface area (Å²) in [4.78, 5) is 83.1. The molecule has 16 nitrogen and oxygen atoms in total. The van der Waals surface area contributed by atoms with Crippen molar-refractivity contribution in [2.75, 3.05) is 6.61 Å². The van der Waals surface area contributed by atoms with Gasteiger partial charge in [-0.15, -0.1) is 0 Å². The van der Waals surface area contributed by atoms with Crippen molar-refractivity contribution >= 4 is 35.8 Å². The van der Waals surface area contributed by atoms with E-state index in [2.05, 4.69) is 5.32 Å². The number of aliphatic hydroxyl groups is 3. The number of Topliss-reactive ketones (excluding diaryl/α,β-unsaturated/α-hetero) is 1. The highest BCUT2D eigenvalue weighted by Gasteiger charge is 2.78. The Bertz CT molecular complexity index is 1930. The Morgan fingerprint density at radius 3 is 2.13 bits per heavy atom. The van der Waals surface area contributed by atoms with Crippen LogP contribution in [-0.2, 0) is 52.4 Å². The molecule has 1 amide bonds. The second-order valence-electron chi connectivity index (χ2n) is 19.2. The van der Waals surface area contributed by atoms with Gasteiger partial charge in [-0.05, 0) is 64.2 Å². The molecule has 336 valence electrons. The molecular weight excluding hydrogens is 794 g/mol. The second kappa shape index (κ2) is 16.7. The zero-order valence-electron chi connectivity index (χ0n) is 36.5. The molecule has 16 heteroatoms. The van der Waals surface area contributed by atoms with Crippen LogP contribution >= 0.6 is 0 Å². The van der Waals surface area contributed by atoms with Gasteiger partial charge in [0.05, 0.1) is 36.0 Å². The van der Waals surface area contributed by atoms with Crippen molar-refractivity contribution in [3.05, 3.63) is 47.0 Å². The molecule has 1 heterocycles.